The number of halogens is 1. The lowest BCUT2D eigenvalue weighted by Gasteiger charge is -2.08. The molecule has 1 aliphatic rings. The first-order valence-corrected chi connectivity index (χ1v) is 24.1. The van der Waals surface area contributed by atoms with Crippen LogP contribution in [0.1, 0.15) is 22.3 Å². The molecule has 0 aliphatic carbocycles. The molecule has 0 bridgehead atoms. The average Bonchev–Trinajstić information content (AvgIpc) is 4.16. The maximum Gasteiger partial charge on any atom is 0.309 e. The number of epoxide rings is 1. The molecule has 6 aromatic rings. The molecule has 352 valence electrons. The van der Waals surface area contributed by atoms with Crippen molar-refractivity contribution in [2.45, 2.75) is 42.1 Å². The summed E-state index contributed by atoms with van der Waals surface area (Å²) < 4.78 is 55.5. The fourth-order valence-corrected chi connectivity index (χ4v) is 7.79. The van der Waals surface area contributed by atoms with Crippen molar-refractivity contribution in [3.63, 3.8) is 0 Å². The summed E-state index contributed by atoms with van der Waals surface area (Å²) in [5.74, 6) is 3.11. The fraction of sp³-hybridized carbons (Fsp3) is 0.212. The number of sulfone groups is 1. The van der Waals surface area contributed by atoms with Gasteiger partial charge in [-0.3, -0.25) is 14.4 Å². The number of ether oxygens (including phenoxy) is 6. The zero-order chi connectivity index (χ0) is 48.6. The van der Waals surface area contributed by atoms with Crippen molar-refractivity contribution in [3.05, 3.63) is 185 Å². The minimum absolute atomic E-state index is 0.00879. The summed E-state index contributed by atoms with van der Waals surface area (Å²) in [5, 5.41) is 8.76. The summed E-state index contributed by atoms with van der Waals surface area (Å²) in [4.78, 5) is 34.7. The normalized spacial score (nSPS) is 12.2. The van der Waals surface area contributed by atoms with Crippen LogP contribution in [0, 0.1) is 6.92 Å². The Balaban J connectivity index is 0.000000211. The van der Waals surface area contributed by atoms with Gasteiger partial charge in [0.2, 0.25) is 0 Å². The number of phenolic OH excluding ortho intramolecular Hbond substituents is 1. The molecule has 0 spiro atoms. The van der Waals surface area contributed by atoms with Gasteiger partial charge in [-0.05, 0) is 121 Å². The summed E-state index contributed by atoms with van der Waals surface area (Å²) in [5.41, 5.74) is 3.85. The van der Waals surface area contributed by atoms with Crippen LogP contribution < -0.4 is 9.47 Å². The molecule has 12 nitrogen and oxygen atoms in total. The van der Waals surface area contributed by atoms with E-state index in [-0.39, 0.29) is 47.5 Å². The molecular weight excluding hydrogens is 961 g/mol. The number of phenols is 1. The van der Waals surface area contributed by atoms with Crippen LogP contribution >= 0.6 is 27.7 Å². The van der Waals surface area contributed by atoms with Gasteiger partial charge >= 0.3 is 17.9 Å². The molecule has 1 heterocycles. The van der Waals surface area contributed by atoms with Gasteiger partial charge in [0.15, 0.2) is 9.84 Å². The Labute approximate surface area is 404 Å². The zero-order valence-corrected chi connectivity index (χ0v) is 40.8. The van der Waals surface area contributed by atoms with Gasteiger partial charge < -0.3 is 33.5 Å². The van der Waals surface area contributed by atoms with Gasteiger partial charge in [0, 0.05) is 15.1 Å². The SMILES string of the molecule is C=CCSc1ccc(Oc2ccc(CC(=O)OC)cc2)cc1.COC(=O)Cc1ccc(Br)cc1.COC(=O)Cc1ccc(Oc2ccc(S(=O)(=O)CC3CO3)cc2)cc1.Cc1ccc(O)cc1. The van der Waals surface area contributed by atoms with Crippen LogP contribution in [-0.2, 0) is 62.4 Å². The topological polar surface area (TPSA) is 164 Å². The van der Waals surface area contributed by atoms with E-state index in [2.05, 4.69) is 36.7 Å². The van der Waals surface area contributed by atoms with E-state index in [4.69, 9.17) is 19.3 Å². The van der Waals surface area contributed by atoms with Crippen LogP contribution in [0.3, 0.4) is 0 Å². The Morgan fingerprint density at radius 3 is 1.37 bits per heavy atom. The van der Waals surface area contributed by atoms with Crippen molar-refractivity contribution in [1.29, 1.82) is 0 Å². The van der Waals surface area contributed by atoms with Gasteiger partial charge in [-0.15, -0.1) is 18.3 Å². The standard InChI is InChI=1S/C18H18O6S.C18H18O3S.C9H9BrO2.C7H8O/c1-22-18(19)10-13-2-4-14(5-3-13)24-15-6-8-17(9-7-15)25(20,21)12-16-11-23-16;1-3-12-22-17-10-8-16(9-11-17)21-15-6-4-14(5-7-15)13-18(19)20-2;1-12-9(11)6-7-2-4-8(10)5-3-7;1-6-2-4-7(8)5-3-6/h2-9,16H,10-12H2,1H3;3-11H,1,12-13H2,2H3;2-5H,6H2,1H3;2-5,8H,1H3. The van der Waals surface area contributed by atoms with Crippen LogP contribution in [0.15, 0.2) is 173 Å². The predicted molar refractivity (Wildman–Crippen MR) is 263 cm³/mol. The summed E-state index contributed by atoms with van der Waals surface area (Å²) in [6, 6.07) is 43.3. The average molecular weight is 1010 g/mol. The predicted octanol–water partition coefficient (Wildman–Crippen LogP) is 10.7. The molecule has 0 radical (unpaired) electrons. The second-order valence-electron chi connectivity index (χ2n) is 14.5. The van der Waals surface area contributed by atoms with Gasteiger partial charge in [0.1, 0.15) is 28.7 Å². The Morgan fingerprint density at radius 2 is 1.01 bits per heavy atom. The van der Waals surface area contributed by atoms with E-state index >= 15 is 0 Å². The molecule has 1 fully saturated rings. The van der Waals surface area contributed by atoms with Crippen molar-refractivity contribution in [2.75, 3.05) is 39.4 Å². The second kappa shape index (κ2) is 27.9. The van der Waals surface area contributed by atoms with Crippen LogP contribution in [0.5, 0.6) is 28.7 Å². The number of hydrogen-bond acceptors (Lipinski definition) is 13. The minimum Gasteiger partial charge on any atom is -0.508 e. The van der Waals surface area contributed by atoms with Gasteiger partial charge in [-0.2, -0.15) is 0 Å². The number of aryl methyl sites for hydroxylation is 1. The molecule has 1 N–H and O–H groups in total. The first kappa shape index (κ1) is 53.2. The van der Waals surface area contributed by atoms with Crippen LogP contribution in [-0.4, -0.2) is 77.0 Å². The van der Waals surface area contributed by atoms with Crippen LogP contribution in [0.2, 0.25) is 0 Å². The minimum atomic E-state index is -3.33. The highest BCUT2D eigenvalue weighted by atomic mass is 79.9. The molecule has 0 saturated carbocycles. The zero-order valence-electron chi connectivity index (χ0n) is 37.6. The number of carbonyl (C=O) groups excluding carboxylic acids is 3. The quantitative estimate of drug-likeness (QED) is 0.0320. The first-order chi connectivity index (χ1) is 32.2. The Bertz CT molecular complexity index is 2540. The maximum absolute atomic E-state index is 12.1. The van der Waals surface area contributed by atoms with Gasteiger partial charge in [0.05, 0.1) is 64.0 Å². The molecule has 15 heteroatoms. The maximum atomic E-state index is 12.1. The smallest absolute Gasteiger partial charge is 0.309 e. The van der Waals surface area contributed by atoms with Crippen molar-refractivity contribution >= 4 is 55.4 Å². The number of carbonyl (C=O) groups is 3. The Hall–Kier alpha value is -6.39. The molecule has 6 aromatic carbocycles. The number of rotatable bonds is 16. The highest BCUT2D eigenvalue weighted by molar-refractivity contribution is 9.10. The van der Waals surface area contributed by atoms with Crippen molar-refractivity contribution in [2.24, 2.45) is 0 Å². The molecule has 1 unspecified atom stereocenters. The highest BCUT2D eigenvalue weighted by Gasteiger charge is 2.30. The summed E-state index contributed by atoms with van der Waals surface area (Å²) in [7, 11) is 0.794. The van der Waals surface area contributed by atoms with E-state index < -0.39 is 9.84 Å². The Kier molecular flexibility index (Phi) is 22.2. The third kappa shape index (κ3) is 20.8. The van der Waals surface area contributed by atoms with E-state index in [1.807, 2.05) is 97.9 Å². The molecule has 1 atom stereocenters. The first-order valence-electron chi connectivity index (χ1n) is 20.7. The third-order valence-corrected chi connectivity index (χ3v) is 12.5. The van der Waals surface area contributed by atoms with E-state index in [1.54, 1.807) is 60.3 Å². The second-order valence-corrected chi connectivity index (χ2v) is 18.5. The molecule has 0 amide bonds. The number of aromatic hydroxyl groups is 1. The Morgan fingerprint density at radius 1 is 0.642 bits per heavy atom. The van der Waals surface area contributed by atoms with E-state index in [0.29, 0.717) is 30.3 Å². The molecule has 1 saturated heterocycles. The summed E-state index contributed by atoms with van der Waals surface area (Å²) in [6.07, 6.45) is 2.51. The van der Waals surface area contributed by atoms with Crippen LogP contribution in [0.25, 0.3) is 0 Å². The van der Waals surface area contributed by atoms with Crippen molar-refractivity contribution in [1.82, 2.24) is 0 Å². The van der Waals surface area contributed by atoms with Crippen LogP contribution in [0.4, 0.5) is 0 Å². The molecule has 1 aliphatic heterocycles. The summed E-state index contributed by atoms with van der Waals surface area (Å²) >= 11 is 5.04. The lowest BCUT2D eigenvalue weighted by Crippen LogP contribution is -2.11. The van der Waals surface area contributed by atoms with Gasteiger partial charge in [0.25, 0.3) is 0 Å². The largest absolute Gasteiger partial charge is 0.508 e. The number of hydrogen-bond donors (Lipinski definition) is 1. The van der Waals surface area contributed by atoms with Crippen molar-refractivity contribution in [3.8, 4) is 28.7 Å². The lowest BCUT2D eigenvalue weighted by atomic mass is 10.1. The molecule has 0 aromatic heterocycles. The number of thioether (sulfide) groups is 1. The monoisotopic (exact) mass is 1010 g/mol. The van der Waals surface area contributed by atoms with Gasteiger partial charge in [-0.25, -0.2) is 8.42 Å². The van der Waals surface area contributed by atoms with E-state index in [0.717, 1.165) is 38.4 Å². The molecular formula is C52H53BrO12S2. The lowest BCUT2D eigenvalue weighted by molar-refractivity contribution is -0.140. The fourth-order valence-electron chi connectivity index (χ4n) is 5.47. The van der Waals surface area contributed by atoms with E-state index in [1.165, 1.54) is 43.9 Å². The summed E-state index contributed by atoms with van der Waals surface area (Å²) in [6.45, 7) is 6.20. The third-order valence-electron chi connectivity index (χ3n) is 9.18. The number of methoxy groups -OCH3 is 3. The number of esters is 3. The highest BCUT2D eigenvalue weighted by Crippen LogP contribution is 2.27. The number of benzene rings is 6. The van der Waals surface area contributed by atoms with Crippen molar-refractivity contribution < 1.29 is 56.3 Å². The van der Waals surface area contributed by atoms with E-state index in [9.17, 15) is 22.8 Å². The van der Waals surface area contributed by atoms with Gasteiger partial charge in [-0.1, -0.05) is 76.1 Å². The molecule has 67 heavy (non-hydrogen) atoms. The molecule has 7 rings (SSSR count).